The molecule has 0 aliphatic carbocycles. The highest BCUT2D eigenvalue weighted by atomic mass is 79.9. The molecule has 15 nitrogen and oxygen atoms in total. The van der Waals surface area contributed by atoms with Crippen LogP contribution in [0.15, 0.2) is 24.3 Å². The van der Waals surface area contributed by atoms with Crippen LogP contribution >= 0.6 is 15.9 Å². The van der Waals surface area contributed by atoms with Gasteiger partial charge in [-0.25, -0.2) is 9.59 Å². The quantitative estimate of drug-likeness (QED) is 0.0726. The van der Waals surface area contributed by atoms with Gasteiger partial charge in [0.1, 0.15) is 0 Å². The van der Waals surface area contributed by atoms with E-state index in [-0.39, 0.29) is 37.3 Å². The van der Waals surface area contributed by atoms with Crippen molar-refractivity contribution in [2.45, 2.75) is 32.4 Å². The van der Waals surface area contributed by atoms with Gasteiger partial charge in [-0.3, -0.25) is 34.3 Å². The van der Waals surface area contributed by atoms with E-state index < -0.39 is 67.0 Å². The molecule has 1 amide bonds. The highest BCUT2D eigenvalue weighted by Crippen LogP contribution is 2.20. The summed E-state index contributed by atoms with van der Waals surface area (Å²) >= 11 is 3.04. The van der Waals surface area contributed by atoms with Gasteiger partial charge in [-0.1, -0.05) is 41.9 Å². The summed E-state index contributed by atoms with van der Waals surface area (Å²) in [7, 11) is 0. The Labute approximate surface area is 244 Å². The Morgan fingerprint density at radius 3 is 1.71 bits per heavy atom. The molecule has 0 spiro atoms. The average Bonchev–Trinajstić information content (AvgIpc) is 2.81. The van der Waals surface area contributed by atoms with E-state index in [1.807, 2.05) is 0 Å². The molecule has 0 bridgehead atoms. The van der Waals surface area contributed by atoms with E-state index in [2.05, 4.69) is 26.6 Å². The zero-order valence-corrected chi connectivity index (χ0v) is 24.2. The van der Waals surface area contributed by atoms with Crippen LogP contribution in [0.5, 0.6) is 0 Å². The molecule has 0 saturated carbocycles. The number of carboxylic acid groups (broad SMARTS) is 5. The van der Waals surface area contributed by atoms with Crippen LogP contribution in [0.4, 0.5) is 5.69 Å². The summed E-state index contributed by atoms with van der Waals surface area (Å²) in [5.41, 5.74) is 0.301. The molecule has 0 radical (unpaired) electrons. The lowest BCUT2D eigenvalue weighted by molar-refractivity contribution is -0.152. The topological polar surface area (TPSA) is 234 Å². The first-order valence-corrected chi connectivity index (χ1v) is 13.4. The molecular weight excluding hydrogens is 612 g/mol. The second-order valence-corrected chi connectivity index (χ2v) is 10.8. The van der Waals surface area contributed by atoms with Crippen molar-refractivity contribution >= 4 is 57.4 Å². The van der Waals surface area contributed by atoms with Crippen LogP contribution in [-0.2, 0) is 35.2 Å². The van der Waals surface area contributed by atoms with Crippen LogP contribution in [0.25, 0.3) is 0 Å². The van der Waals surface area contributed by atoms with Crippen LogP contribution in [0.1, 0.15) is 19.4 Å². The summed E-state index contributed by atoms with van der Waals surface area (Å²) in [5, 5.41) is 52.0. The molecular formula is C25H35BrN4O11. The fourth-order valence-corrected chi connectivity index (χ4v) is 4.50. The monoisotopic (exact) mass is 646 g/mol. The number of hydrogen-bond donors (Lipinski definition) is 7. The van der Waals surface area contributed by atoms with Crippen LogP contribution in [0, 0.1) is 5.41 Å². The Bertz CT molecular complexity index is 1070. The van der Waals surface area contributed by atoms with Gasteiger partial charge in [0.15, 0.2) is 0 Å². The highest BCUT2D eigenvalue weighted by Gasteiger charge is 2.32. The molecule has 0 fully saturated rings. The molecule has 7 N–H and O–H groups in total. The van der Waals surface area contributed by atoms with Crippen molar-refractivity contribution < 1.29 is 54.3 Å². The molecule has 1 unspecified atom stereocenters. The van der Waals surface area contributed by atoms with Crippen molar-refractivity contribution in [1.82, 2.24) is 15.1 Å². The number of nitrogens with one attached hydrogen (secondary N) is 2. The molecule has 0 aliphatic heterocycles. The fourth-order valence-electron chi connectivity index (χ4n) is 4.36. The van der Waals surface area contributed by atoms with E-state index in [0.29, 0.717) is 11.3 Å². The number of halogens is 1. The number of carbonyl (C=O) groups excluding carboxylic acids is 1. The van der Waals surface area contributed by atoms with Crippen LogP contribution < -0.4 is 10.6 Å². The molecule has 1 aromatic rings. The van der Waals surface area contributed by atoms with Gasteiger partial charge in [0.2, 0.25) is 11.9 Å². The van der Waals surface area contributed by atoms with Crippen molar-refractivity contribution in [3.8, 4) is 0 Å². The predicted octanol–water partition coefficient (Wildman–Crippen LogP) is -0.0575. The van der Waals surface area contributed by atoms with Gasteiger partial charge in [0.05, 0.1) is 25.0 Å². The zero-order valence-electron chi connectivity index (χ0n) is 22.6. The minimum atomic E-state index is -1.99. The van der Waals surface area contributed by atoms with Crippen LogP contribution in [0.3, 0.4) is 0 Å². The molecule has 0 aromatic heterocycles. The van der Waals surface area contributed by atoms with E-state index in [0.717, 1.165) is 0 Å². The molecule has 1 atom stereocenters. The minimum absolute atomic E-state index is 0.0196. The summed E-state index contributed by atoms with van der Waals surface area (Å²) in [6.07, 6.45) is 0.0877. The van der Waals surface area contributed by atoms with E-state index in [1.165, 1.54) is 9.80 Å². The van der Waals surface area contributed by atoms with Crippen molar-refractivity contribution in [2.24, 2.45) is 5.41 Å². The van der Waals surface area contributed by atoms with E-state index >= 15 is 0 Å². The predicted molar refractivity (Wildman–Crippen MR) is 148 cm³/mol. The number of rotatable bonds is 20. The number of hydrogen-bond acceptors (Lipinski definition) is 9. The minimum Gasteiger partial charge on any atom is -0.480 e. The maximum Gasteiger partial charge on any atom is 0.332 e. The van der Waals surface area contributed by atoms with Crippen molar-refractivity contribution in [3.05, 3.63) is 29.8 Å². The molecule has 41 heavy (non-hydrogen) atoms. The summed E-state index contributed by atoms with van der Waals surface area (Å²) in [4.78, 5) is 71.5. The lowest BCUT2D eigenvalue weighted by atomic mass is 9.91. The second-order valence-electron chi connectivity index (χ2n) is 10.2. The van der Waals surface area contributed by atoms with Crippen molar-refractivity contribution in [2.75, 3.05) is 49.9 Å². The lowest BCUT2D eigenvalue weighted by Gasteiger charge is -2.37. The summed E-state index contributed by atoms with van der Waals surface area (Å²) < 4.78 is 0. The molecule has 0 saturated heterocycles. The summed E-state index contributed by atoms with van der Waals surface area (Å²) in [6.45, 7) is 1.66. The lowest BCUT2D eigenvalue weighted by Crippen LogP contribution is -2.55. The number of carboxylic acids is 5. The Hall–Kier alpha value is -3.60. The number of nitrogens with zero attached hydrogens (tertiary/aromatic N) is 2. The molecule has 16 heteroatoms. The normalized spacial score (nSPS) is 12.3. The Kier molecular flexibility index (Phi) is 14.4. The van der Waals surface area contributed by atoms with Gasteiger partial charge in [-0.2, -0.15) is 0 Å². The van der Waals surface area contributed by atoms with E-state index in [1.54, 1.807) is 38.1 Å². The maximum atomic E-state index is 11.7. The number of anilines is 1. The molecule has 1 aromatic carbocycles. The first-order chi connectivity index (χ1) is 19.0. The van der Waals surface area contributed by atoms with Gasteiger partial charge in [0.25, 0.3) is 0 Å². The van der Waals surface area contributed by atoms with Crippen molar-refractivity contribution in [1.29, 1.82) is 0 Å². The number of benzene rings is 1. The first kappa shape index (κ1) is 35.4. The molecule has 0 aliphatic rings. The zero-order chi connectivity index (χ0) is 31.3. The number of amides is 1. The Balaban J connectivity index is 3.24. The van der Waals surface area contributed by atoms with Gasteiger partial charge < -0.3 is 30.8 Å². The van der Waals surface area contributed by atoms with Crippen LogP contribution in [-0.4, -0.2) is 128 Å². The number of alkyl halides is 1. The smallest absolute Gasteiger partial charge is 0.332 e. The standard InChI is InChI=1S/C25H35BrN4O11/c1-25(2,14-30(11-20(34)35)12-21(36)37)13-29(10-19(32)33)9-17(28-22(23(38)39)24(40)41)7-15-3-5-16(6-4-15)27-18(31)8-26/h3-6,17,22,28H,7-14H2,1-2H3,(H,27,31)(H,32,33)(H,34,35)(H,36,37)(H,38,39)(H,40,41). The number of aliphatic carboxylic acids is 5. The van der Waals surface area contributed by atoms with E-state index in [9.17, 15) is 44.1 Å². The Morgan fingerprint density at radius 1 is 0.805 bits per heavy atom. The number of carbonyl (C=O) groups is 6. The van der Waals surface area contributed by atoms with Crippen LogP contribution in [0.2, 0.25) is 0 Å². The summed E-state index contributed by atoms with van der Waals surface area (Å²) in [6, 6.07) is 3.65. The highest BCUT2D eigenvalue weighted by molar-refractivity contribution is 9.09. The second kappa shape index (κ2) is 16.6. The molecule has 228 valence electrons. The average molecular weight is 647 g/mol. The first-order valence-electron chi connectivity index (χ1n) is 12.3. The van der Waals surface area contributed by atoms with Gasteiger partial charge in [-0.15, -0.1) is 0 Å². The molecule has 1 rings (SSSR count). The third kappa shape index (κ3) is 14.6. The summed E-state index contributed by atoms with van der Waals surface area (Å²) in [5.74, 6) is -7.25. The molecule has 0 heterocycles. The third-order valence-corrected chi connectivity index (χ3v) is 6.11. The van der Waals surface area contributed by atoms with Gasteiger partial charge in [-0.05, 0) is 29.5 Å². The maximum absolute atomic E-state index is 11.7. The van der Waals surface area contributed by atoms with E-state index in [4.69, 9.17) is 10.2 Å². The Morgan fingerprint density at radius 2 is 1.27 bits per heavy atom. The third-order valence-electron chi connectivity index (χ3n) is 5.60. The van der Waals surface area contributed by atoms with Crippen molar-refractivity contribution in [3.63, 3.8) is 0 Å². The van der Waals surface area contributed by atoms with Gasteiger partial charge >= 0.3 is 29.8 Å². The largest absolute Gasteiger partial charge is 0.480 e. The fraction of sp³-hybridized carbons (Fsp3) is 0.520. The SMILES string of the molecule is CC(C)(CN(CC(=O)O)CC(=O)O)CN(CC(=O)O)CC(Cc1ccc(NC(=O)CBr)cc1)NC(C(=O)O)C(=O)O. The van der Waals surface area contributed by atoms with Gasteiger partial charge in [0, 0.05) is 31.4 Å².